The van der Waals surface area contributed by atoms with Crippen LogP contribution in [0.5, 0.6) is 0 Å². The number of para-hydroxylation sites is 1. The smallest absolute Gasteiger partial charge is 0.144 e. The minimum absolute atomic E-state index is 0.0645. The van der Waals surface area contributed by atoms with Crippen LogP contribution in [0.3, 0.4) is 0 Å². The topological polar surface area (TPSA) is 51.8 Å². The van der Waals surface area contributed by atoms with E-state index in [1.165, 1.54) is 12.3 Å². The summed E-state index contributed by atoms with van der Waals surface area (Å²) >= 11 is 0. The second-order valence-electron chi connectivity index (χ2n) is 16.8. The van der Waals surface area contributed by atoms with Gasteiger partial charge in [0.25, 0.3) is 0 Å². The Hall–Kier alpha value is -6.72. The summed E-state index contributed by atoms with van der Waals surface area (Å²) in [6, 6.07) is 45.3. The van der Waals surface area contributed by atoms with Crippen LogP contribution >= 0.6 is 0 Å². The Morgan fingerprint density at radius 1 is 0.550 bits per heavy atom. The van der Waals surface area contributed by atoms with E-state index in [9.17, 15) is 5.48 Å². The molecule has 0 aliphatic rings. The molecule has 0 aliphatic carbocycles. The first-order valence-electron chi connectivity index (χ1n) is 22.8. The summed E-state index contributed by atoms with van der Waals surface area (Å²) in [5.41, 5.74) is 8.85. The van der Waals surface area contributed by atoms with E-state index in [0.717, 1.165) is 44.8 Å². The van der Waals surface area contributed by atoms with Crippen molar-refractivity contribution in [2.24, 2.45) is 0 Å². The Bertz CT molecular complexity index is 3040. The highest BCUT2D eigenvalue weighted by Gasteiger charge is 2.25. The predicted octanol–water partition coefficient (Wildman–Crippen LogP) is 13.7. The average molecular weight is 791 g/mol. The number of pyridine rings is 3. The van der Waals surface area contributed by atoms with Gasteiger partial charge in [-0.05, 0) is 106 Å². The molecule has 0 N–H and O–H groups in total. The number of fused-ring (bicyclic) bond motifs is 3. The van der Waals surface area contributed by atoms with Crippen LogP contribution < -0.4 is 0 Å². The zero-order valence-corrected chi connectivity index (χ0v) is 34.1. The maximum atomic E-state index is 15.1. The molecule has 0 atom stereocenters. The molecule has 0 radical (unpaired) electrons. The molecule has 0 bridgehead atoms. The SMILES string of the molecule is [2H]c1ccc2oc3c(-c4ccc(C([2H])([2H])C([2H])([2H])c5cc(CC(C)(C)c6ccc(-c7ccccc7)nc6)cc(CC(C)(C)c6ccc(-c7ccccc7)nc6)c5)cn4)cccc3c2c1F. The van der Waals surface area contributed by atoms with Gasteiger partial charge < -0.3 is 4.42 Å². The van der Waals surface area contributed by atoms with E-state index in [-0.39, 0.29) is 22.6 Å². The third-order valence-corrected chi connectivity index (χ3v) is 11.4. The quantitative estimate of drug-likeness (QED) is 0.124. The van der Waals surface area contributed by atoms with E-state index < -0.39 is 29.4 Å². The molecule has 0 fully saturated rings. The van der Waals surface area contributed by atoms with E-state index in [4.69, 9.17) is 15.8 Å². The van der Waals surface area contributed by atoms with Crippen molar-refractivity contribution in [3.63, 3.8) is 0 Å². The maximum absolute atomic E-state index is 15.1. The van der Waals surface area contributed by atoms with Gasteiger partial charge in [-0.15, -0.1) is 0 Å². The summed E-state index contributed by atoms with van der Waals surface area (Å²) in [5.74, 6) is -0.666. The first kappa shape index (κ1) is 33.1. The Labute approximate surface area is 358 Å². The van der Waals surface area contributed by atoms with Gasteiger partial charge in [-0.1, -0.05) is 143 Å². The zero-order chi connectivity index (χ0) is 45.7. The van der Waals surface area contributed by atoms with E-state index in [2.05, 4.69) is 50.9 Å². The lowest BCUT2D eigenvalue weighted by atomic mass is 9.77. The molecule has 9 rings (SSSR count). The zero-order valence-electron chi connectivity index (χ0n) is 39.1. The van der Waals surface area contributed by atoms with Crippen LogP contribution in [-0.2, 0) is 36.4 Å². The van der Waals surface area contributed by atoms with Crippen molar-refractivity contribution in [3.05, 3.63) is 209 Å². The van der Waals surface area contributed by atoms with Crippen LogP contribution in [0, 0.1) is 5.82 Å². The van der Waals surface area contributed by atoms with E-state index in [1.807, 2.05) is 97.3 Å². The standard InChI is InChI=1S/C55H48FN3O/c1-54(2,43-24-27-48(58-35-43)41-13-7-5-8-14-41)32-39-29-38(30-40(31-39)33-55(3,4)44-25-28-49(59-36-44)42-15-9-6-10-16-42)22-21-37-23-26-50(57-34-37)45-17-11-18-46-52-47(56)19-12-20-51(52)60-53(45)46/h5-20,23-31,34-36H,21-22,32-33H2,1-4H3/i19D,21D2,22D2. The van der Waals surface area contributed by atoms with Crippen molar-refractivity contribution >= 4 is 21.9 Å². The Kier molecular flexibility index (Phi) is 8.92. The minimum atomic E-state index is -2.52. The first-order valence-corrected chi connectivity index (χ1v) is 20.3. The van der Waals surface area contributed by atoms with Crippen molar-refractivity contribution in [1.29, 1.82) is 0 Å². The minimum Gasteiger partial charge on any atom is -0.455 e. The van der Waals surface area contributed by atoms with E-state index >= 15 is 4.39 Å². The van der Waals surface area contributed by atoms with Gasteiger partial charge >= 0.3 is 0 Å². The molecule has 0 saturated heterocycles. The lowest BCUT2D eigenvalue weighted by molar-refractivity contribution is 0.512. The third kappa shape index (κ3) is 8.13. The molecule has 0 saturated carbocycles. The van der Waals surface area contributed by atoms with Gasteiger partial charge in [0.05, 0.1) is 23.8 Å². The summed E-state index contributed by atoms with van der Waals surface area (Å²) in [6.07, 6.45) is 1.26. The van der Waals surface area contributed by atoms with Gasteiger partial charge in [0, 0.05) is 46.2 Å². The van der Waals surface area contributed by atoms with Gasteiger partial charge in [-0.2, -0.15) is 0 Å². The molecule has 0 aliphatic heterocycles. The van der Waals surface area contributed by atoms with Crippen LogP contribution in [0.2, 0.25) is 0 Å². The lowest BCUT2D eigenvalue weighted by Crippen LogP contribution is -2.23. The van der Waals surface area contributed by atoms with Crippen molar-refractivity contribution in [3.8, 4) is 33.8 Å². The van der Waals surface area contributed by atoms with Gasteiger partial charge in [0.15, 0.2) is 0 Å². The Balaban J connectivity index is 1.06. The van der Waals surface area contributed by atoms with Gasteiger partial charge in [0.1, 0.15) is 17.0 Å². The molecule has 4 nitrogen and oxygen atoms in total. The van der Waals surface area contributed by atoms with Crippen LogP contribution in [0.4, 0.5) is 4.39 Å². The highest BCUT2D eigenvalue weighted by Crippen LogP contribution is 2.37. The van der Waals surface area contributed by atoms with Gasteiger partial charge in [0.2, 0.25) is 0 Å². The summed E-state index contributed by atoms with van der Waals surface area (Å²) < 4.78 is 67.2. The summed E-state index contributed by atoms with van der Waals surface area (Å²) in [4.78, 5) is 14.2. The van der Waals surface area contributed by atoms with Gasteiger partial charge in [-0.3, -0.25) is 15.0 Å². The van der Waals surface area contributed by atoms with Crippen molar-refractivity contribution in [2.75, 3.05) is 0 Å². The summed E-state index contributed by atoms with van der Waals surface area (Å²) in [6.45, 7) is 8.61. The fourth-order valence-electron chi connectivity index (χ4n) is 8.13. The van der Waals surface area contributed by atoms with E-state index in [1.54, 1.807) is 36.4 Å². The maximum Gasteiger partial charge on any atom is 0.144 e. The Morgan fingerprint density at radius 2 is 1.10 bits per heavy atom. The molecule has 5 aromatic carbocycles. The second kappa shape index (κ2) is 16.1. The lowest BCUT2D eigenvalue weighted by Gasteiger charge is -2.28. The van der Waals surface area contributed by atoms with Crippen molar-refractivity contribution < 1.29 is 15.7 Å². The van der Waals surface area contributed by atoms with E-state index in [0.29, 0.717) is 40.7 Å². The second-order valence-corrected chi connectivity index (χ2v) is 16.8. The molecule has 0 spiro atoms. The molecule has 9 aromatic rings. The molecular formula is C55H48FN3O. The molecule has 5 heteroatoms. The van der Waals surface area contributed by atoms with Gasteiger partial charge in [-0.25, -0.2) is 4.39 Å². The fourth-order valence-corrected chi connectivity index (χ4v) is 8.13. The number of halogens is 1. The highest BCUT2D eigenvalue weighted by molar-refractivity contribution is 6.09. The first-order chi connectivity index (χ1) is 31.0. The summed E-state index contributed by atoms with van der Waals surface area (Å²) in [7, 11) is 0. The number of hydrogen-bond acceptors (Lipinski definition) is 4. The van der Waals surface area contributed by atoms with Crippen LogP contribution in [0.25, 0.3) is 55.7 Å². The molecular weight excluding hydrogens is 738 g/mol. The number of aromatic nitrogens is 3. The number of nitrogens with zero attached hydrogens (tertiary/aromatic N) is 3. The number of benzene rings is 5. The largest absolute Gasteiger partial charge is 0.455 e. The number of furan rings is 1. The van der Waals surface area contributed by atoms with Crippen molar-refractivity contribution in [2.45, 2.75) is 64.1 Å². The predicted molar refractivity (Wildman–Crippen MR) is 244 cm³/mol. The number of rotatable bonds is 12. The highest BCUT2D eigenvalue weighted by atomic mass is 19.1. The molecule has 0 amide bonds. The molecule has 4 aromatic heterocycles. The molecule has 60 heavy (non-hydrogen) atoms. The molecule has 0 unspecified atom stereocenters. The average Bonchev–Trinajstić information content (AvgIpc) is 3.70. The summed E-state index contributed by atoms with van der Waals surface area (Å²) in [5, 5.41) is 0.726. The molecule has 4 heterocycles. The Morgan fingerprint density at radius 3 is 1.65 bits per heavy atom. The van der Waals surface area contributed by atoms with Crippen LogP contribution in [-0.4, -0.2) is 15.0 Å². The normalized spacial score (nSPS) is 13.7. The van der Waals surface area contributed by atoms with Crippen molar-refractivity contribution in [1.82, 2.24) is 15.0 Å². The monoisotopic (exact) mass is 790 g/mol. The molecule has 296 valence electrons. The number of aryl methyl sites for hydroxylation is 2. The van der Waals surface area contributed by atoms with Crippen LogP contribution in [0.15, 0.2) is 175 Å². The van der Waals surface area contributed by atoms with Crippen LogP contribution in [0.1, 0.15) is 67.9 Å². The third-order valence-electron chi connectivity index (χ3n) is 11.4. The fraction of sp³-hybridized carbons (Fsp3) is 0.182. The number of hydrogen-bond donors (Lipinski definition) is 0.